The summed E-state index contributed by atoms with van der Waals surface area (Å²) in [5.74, 6) is 1.93. The third-order valence-electron chi connectivity index (χ3n) is 5.74. The lowest BCUT2D eigenvalue weighted by molar-refractivity contribution is 0.1000. The first-order valence-corrected chi connectivity index (χ1v) is 9.75. The van der Waals surface area contributed by atoms with E-state index in [-0.39, 0.29) is 5.91 Å². The molecule has 7 nitrogen and oxygen atoms in total. The van der Waals surface area contributed by atoms with Crippen molar-refractivity contribution in [1.82, 2.24) is 14.5 Å². The summed E-state index contributed by atoms with van der Waals surface area (Å²) in [5.41, 5.74) is 8.54. The van der Waals surface area contributed by atoms with Crippen molar-refractivity contribution in [3.8, 4) is 0 Å². The van der Waals surface area contributed by atoms with Crippen LogP contribution in [0, 0.1) is 0 Å². The topological polar surface area (TPSA) is 86.3 Å². The molecule has 1 fully saturated rings. The first kappa shape index (κ1) is 18.0. The second-order valence-corrected chi connectivity index (χ2v) is 7.42. The number of nitrogens with two attached hydrogens (primary N) is 1. The molecule has 4 rings (SSSR count). The molecule has 0 saturated carbocycles. The second kappa shape index (κ2) is 7.68. The van der Waals surface area contributed by atoms with Crippen LogP contribution < -0.4 is 10.6 Å². The van der Waals surface area contributed by atoms with E-state index in [1.165, 1.54) is 5.56 Å². The van der Waals surface area contributed by atoms with Crippen molar-refractivity contribution in [3.63, 3.8) is 0 Å². The van der Waals surface area contributed by atoms with Gasteiger partial charge in [-0.1, -0.05) is 0 Å². The summed E-state index contributed by atoms with van der Waals surface area (Å²) in [7, 11) is 1.72. The van der Waals surface area contributed by atoms with E-state index in [2.05, 4.69) is 14.5 Å². The lowest BCUT2D eigenvalue weighted by Crippen LogP contribution is -2.36. The van der Waals surface area contributed by atoms with Gasteiger partial charge in [0.25, 0.3) is 5.91 Å². The highest BCUT2D eigenvalue weighted by Crippen LogP contribution is 2.32. The maximum absolute atomic E-state index is 12.0. The van der Waals surface area contributed by atoms with Crippen molar-refractivity contribution in [2.45, 2.75) is 44.6 Å². The minimum absolute atomic E-state index is 0.385. The standard InChI is InChI=1S/C20H27N5O2/c1-27-12-11-25-10-7-22-19(25)14-5-8-24(9-6-14)20-16(18(21)26)13-15-3-2-4-17(15)23-20/h7,10,13-14H,2-6,8-9,11-12H2,1H3,(H2,21,26). The number of amides is 1. The van der Waals surface area contributed by atoms with Gasteiger partial charge in [0.1, 0.15) is 11.6 Å². The number of ether oxygens (including phenoxy) is 1. The van der Waals surface area contributed by atoms with E-state index < -0.39 is 0 Å². The maximum atomic E-state index is 12.0. The van der Waals surface area contributed by atoms with Gasteiger partial charge in [-0.15, -0.1) is 0 Å². The van der Waals surface area contributed by atoms with Crippen molar-refractivity contribution >= 4 is 11.7 Å². The number of imidazole rings is 1. The normalized spacial score (nSPS) is 17.3. The number of hydrogen-bond acceptors (Lipinski definition) is 5. The molecule has 0 spiro atoms. The van der Waals surface area contributed by atoms with E-state index in [9.17, 15) is 4.79 Å². The monoisotopic (exact) mass is 369 g/mol. The Morgan fingerprint density at radius 3 is 2.89 bits per heavy atom. The number of fused-ring (bicyclic) bond motifs is 1. The van der Waals surface area contributed by atoms with Crippen molar-refractivity contribution in [2.24, 2.45) is 5.73 Å². The summed E-state index contributed by atoms with van der Waals surface area (Å²) in [6, 6.07) is 1.97. The minimum Gasteiger partial charge on any atom is -0.383 e. The molecule has 3 heterocycles. The molecule has 1 saturated heterocycles. The number of rotatable bonds is 6. The number of pyridine rings is 1. The second-order valence-electron chi connectivity index (χ2n) is 7.42. The van der Waals surface area contributed by atoms with Crippen molar-refractivity contribution in [3.05, 3.63) is 41.1 Å². The van der Waals surface area contributed by atoms with Crippen LogP contribution in [0.4, 0.5) is 5.82 Å². The zero-order valence-electron chi connectivity index (χ0n) is 15.9. The molecular weight excluding hydrogens is 342 g/mol. The predicted molar refractivity (Wildman–Crippen MR) is 103 cm³/mol. The molecule has 1 aliphatic heterocycles. The molecule has 0 bridgehead atoms. The van der Waals surface area contributed by atoms with Crippen LogP contribution in [0.5, 0.6) is 0 Å². The Hall–Kier alpha value is -2.41. The Labute approximate surface area is 159 Å². The minimum atomic E-state index is -0.385. The molecule has 2 N–H and O–H groups in total. The molecule has 7 heteroatoms. The molecule has 27 heavy (non-hydrogen) atoms. The SMILES string of the molecule is COCCn1ccnc1C1CCN(c2nc3c(cc2C(N)=O)CCC3)CC1. The van der Waals surface area contributed by atoms with Crippen LogP contribution in [0.3, 0.4) is 0 Å². The molecule has 1 aliphatic carbocycles. The fourth-order valence-corrected chi connectivity index (χ4v) is 4.29. The molecule has 2 aromatic heterocycles. The van der Waals surface area contributed by atoms with Crippen LogP contribution in [0.25, 0.3) is 0 Å². The Morgan fingerprint density at radius 1 is 1.33 bits per heavy atom. The molecule has 144 valence electrons. The number of primary amides is 1. The maximum Gasteiger partial charge on any atom is 0.252 e. The van der Waals surface area contributed by atoms with E-state index >= 15 is 0 Å². The molecule has 0 radical (unpaired) electrons. The number of anilines is 1. The molecular formula is C20H27N5O2. The highest BCUT2D eigenvalue weighted by Gasteiger charge is 2.28. The van der Waals surface area contributed by atoms with Gasteiger partial charge in [-0.05, 0) is 43.7 Å². The van der Waals surface area contributed by atoms with Gasteiger partial charge in [-0.25, -0.2) is 9.97 Å². The smallest absolute Gasteiger partial charge is 0.252 e. The fourth-order valence-electron chi connectivity index (χ4n) is 4.29. The quantitative estimate of drug-likeness (QED) is 0.840. The Kier molecular flexibility index (Phi) is 5.11. The number of piperidine rings is 1. The summed E-state index contributed by atoms with van der Waals surface area (Å²) in [6.07, 6.45) is 8.96. The number of nitrogens with zero attached hydrogens (tertiary/aromatic N) is 4. The third kappa shape index (κ3) is 3.56. The van der Waals surface area contributed by atoms with Gasteiger partial charge in [-0.2, -0.15) is 0 Å². The van der Waals surface area contributed by atoms with Crippen LogP contribution in [0.1, 0.15) is 52.6 Å². The third-order valence-corrected chi connectivity index (χ3v) is 5.74. The molecule has 0 unspecified atom stereocenters. The van der Waals surface area contributed by atoms with E-state index in [1.807, 2.05) is 18.5 Å². The first-order valence-electron chi connectivity index (χ1n) is 9.75. The Balaban J connectivity index is 1.50. The number of carbonyl (C=O) groups is 1. The van der Waals surface area contributed by atoms with Crippen molar-refractivity contribution in [2.75, 3.05) is 31.7 Å². The molecule has 2 aromatic rings. The van der Waals surface area contributed by atoms with Crippen LogP contribution in [-0.2, 0) is 24.1 Å². The summed E-state index contributed by atoms with van der Waals surface area (Å²) in [6.45, 7) is 3.22. The Morgan fingerprint density at radius 2 is 2.15 bits per heavy atom. The summed E-state index contributed by atoms with van der Waals surface area (Å²) in [5, 5.41) is 0. The van der Waals surface area contributed by atoms with Gasteiger partial charge in [0.2, 0.25) is 0 Å². The highest BCUT2D eigenvalue weighted by atomic mass is 16.5. The van der Waals surface area contributed by atoms with E-state index in [4.69, 9.17) is 15.5 Å². The first-order chi connectivity index (χ1) is 13.2. The van der Waals surface area contributed by atoms with Crippen molar-refractivity contribution in [1.29, 1.82) is 0 Å². The van der Waals surface area contributed by atoms with Crippen molar-refractivity contribution < 1.29 is 9.53 Å². The summed E-state index contributed by atoms with van der Waals surface area (Å²) < 4.78 is 7.38. The largest absolute Gasteiger partial charge is 0.383 e. The van der Waals surface area contributed by atoms with Crippen LogP contribution in [-0.4, -0.2) is 47.2 Å². The fraction of sp³-hybridized carbons (Fsp3) is 0.550. The molecule has 1 amide bonds. The van der Waals surface area contributed by atoms with Gasteiger partial charge in [0.05, 0.1) is 12.2 Å². The average molecular weight is 369 g/mol. The lowest BCUT2D eigenvalue weighted by atomic mass is 9.95. The summed E-state index contributed by atoms with van der Waals surface area (Å²) in [4.78, 5) is 23.6. The highest BCUT2D eigenvalue weighted by molar-refractivity contribution is 5.98. The van der Waals surface area contributed by atoms with Crippen LogP contribution >= 0.6 is 0 Å². The van der Waals surface area contributed by atoms with Crippen LogP contribution in [0.15, 0.2) is 18.5 Å². The molecule has 0 aromatic carbocycles. The van der Waals surface area contributed by atoms with E-state index in [1.54, 1.807) is 7.11 Å². The van der Waals surface area contributed by atoms with Gasteiger partial charge in [-0.3, -0.25) is 4.79 Å². The van der Waals surface area contributed by atoms with Gasteiger partial charge in [0.15, 0.2) is 0 Å². The number of hydrogen-bond donors (Lipinski definition) is 1. The van der Waals surface area contributed by atoms with Gasteiger partial charge in [0, 0.05) is 50.7 Å². The zero-order valence-corrected chi connectivity index (χ0v) is 15.9. The zero-order chi connectivity index (χ0) is 18.8. The van der Waals surface area contributed by atoms with E-state index in [0.29, 0.717) is 18.1 Å². The average Bonchev–Trinajstić information content (AvgIpc) is 3.34. The number of aromatic nitrogens is 3. The van der Waals surface area contributed by atoms with Crippen LogP contribution in [0.2, 0.25) is 0 Å². The van der Waals surface area contributed by atoms with Gasteiger partial charge >= 0.3 is 0 Å². The number of methoxy groups -OCH3 is 1. The number of aryl methyl sites for hydroxylation is 2. The lowest BCUT2D eigenvalue weighted by Gasteiger charge is -2.33. The van der Waals surface area contributed by atoms with E-state index in [0.717, 1.165) is 69.1 Å². The number of carbonyl (C=O) groups excluding carboxylic acids is 1. The Bertz CT molecular complexity index is 824. The predicted octanol–water partition coefficient (Wildman–Crippen LogP) is 1.90. The molecule has 0 atom stereocenters. The molecule has 2 aliphatic rings. The summed E-state index contributed by atoms with van der Waals surface area (Å²) >= 11 is 0. The van der Waals surface area contributed by atoms with Gasteiger partial charge < -0.3 is 19.9 Å².